The molecule has 0 atom stereocenters. The van der Waals surface area contributed by atoms with Gasteiger partial charge in [-0.1, -0.05) is 25.7 Å². The molecule has 0 radical (unpaired) electrons. The van der Waals surface area contributed by atoms with Crippen LogP contribution in [0.3, 0.4) is 0 Å². The van der Waals surface area contributed by atoms with Gasteiger partial charge in [-0.2, -0.15) is 26.9 Å². The van der Waals surface area contributed by atoms with Gasteiger partial charge in [-0.3, -0.25) is 9.78 Å². The molecule has 0 aromatic carbocycles. The van der Waals surface area contributed by atoms with Crippen molar-refractivity contribution < 1.29 is 45.7 Å². The van der Waals surface area contributed by atoms with Crippen LogP contribution in [0.1, 0.15) is 25.1 Å². The Balaban J connectivity index is 2.20. The molecule has 2 heterocycles. The lowest BCUT2D eigenvalue weighted by atomic mass is 9.95. The van der Waals surface area contributed by atoms with Gasteiger partial charge in [0.2, 0.25) is 5.88 Å². The van der Waals surface area contributed by atoms with Crippen LogP contribution in [0, 0.1) is 12.3 Å². The smallest absolute Gasteiger partial charge is 0.456 e. The molecule has 10 nitrogen and oxygen atoms in total. The Hall–Kier alpha value is -3.66. The molecular weight excluding hydrogens is 609 g/mol. The lowest BCUT2D eigenvalue weighted by molar-refractivity contribution is -0.291. The van der Waals surface area contributed by atoms with Crippen molar-refractivity contribution >= 4 is 25.9 Å². The number of nitrogens with two attached hydrogens (primary N) is 1. The van der Waals surface area contributed by atoms with Gasteiger partial charge in [0, 0.05) is 44.3 Å². The molecule has 0 bridgehead atoms. The van der Waals surface area contributed by atoms with Crippen molar-refractivity contribution in [3.63, 3.8) is 0 Å². The molecule has 2 aromatic heterocycles. The maximum atomic E-state index is 13.5. The van der Waals surface area contributed by atoms with E-state index in [4.69, 9.17) is 19.9 Å². The number of carbonyl (C=O) groups is 1. The average molecular weight is 648 g/mol. The number of aromatic nitrogens is 2. The Bertz CT molecular complexity index is 1330. The van der Waals surface area contributed by atoms with E-state index < -0.39 is 44.2 Å². The number of nitrogens with zero attached hydrogens (tertiary/aromatic N) is 4. The van der Waals surface area contributed by atoms with E-state index in [-0.39, 0.29) is 24.9 Å². The Kier molecular flexibility index (Phi) is 12.4. The summed E-state index contributed by atoms with van der Waals surface area (Å²) in [5, 5.41) is 0. The van der Waals surface area contributed by atoms with Crippen LogP contribution >= 0.6 is 0 Å². The number of hydrogen-bond acceptors (Lipinski definition) is 8. The molecule has 0 aliphatic carbocycles. The maximum absolute atomic E-state index is 13.5. The molecule has 2 aromatic rings. The summed E-state index contributed by atoms with van der Waals surface area (Å²) in [5.41, 5.74) is 7.30. The van der Waals surface area contributed by atoms with Gasteiger partial charge in [0.25, 0.3) is 0 Å². The van der Waals surface area contributed by atoms with Crippen molar-refractivity contribution in [3.8, 4) is 17.0 Å². The summed E-state index contributed by atoms with van der Waals surface area (Å²) in [7, 11) is -0.130. The number of rotatable bonds is 13. The van der Waals surface area contributed by atoms with Gasteiger partial charge in [0.1, 0.15) is 19.0 Å². The van der Waals surface area contributed by atoms with Crippen molar-refractivity contribution in [2.24, 2.45) is 21.1 Å². The molecule has 44 heavy (non-hydrogen) atoms. The second-order valence-electron chi connectivity index (χ2n) is 11.7. The Morgan fingerprint density at radius 2 is 1.73 bits per heavy atom. The number of ether oxygens (including phenoxy) is 4. The van der Waals surface area contributed by atoms with Crippen molar-refractivity contribution in [1.29, 1.82) is 0 Å². The maximum Gasteiger partial charge on any atom is 0.456 e. The highest BCUT2D eigenvalue weighted by Gasteiger charge is 2.58. The average Bonchev–Trinajstić information content (AvgIpc) is 2.93. The van der Waals surface area contributed by atoms with Crippen LogP contribution in [-0.4, -0.2) is 81.6 Å². The summed E-state index contributed by atoms with van der Waals surface area (Å²) in [6.45, 7) is 9.49. The second kappa shape index (κ2) is 14.9. The Labute approximate surface area is 253 Å². The largest absolute Gasteiger partial charge is 0.476 e. The van der Waals surface area contributed by atoms with Crippen LogP contribution in [0.5, 0.6) is 5.88 Å². The van der Waals surface area contributed by atoms with Gasteiger partial charge < -0.3 is 24.7 Å². The number of esters is 1. The van der Waals surface area contributed by atoms with E-state index in [2.05, 4.69) is 44.3 Å². The van der Waals surface area contributed by atoms with Crippen LogP contribution in [0.15, 0.2) is 40.6 Å². The molecule has 0 amide bonds. The van der Waals surface area contributed by atoms with Crippen molar-refractivity contribution in [2.45, 2.75) is 58.6 Å². The summed E-state index contributed by atoms with van der Waals surface area (Å²) >= 11 is 0. The molecule has 0 aliphatic rings. The number of hydrogen-bond donors (Lipinski definition) is 1. The normalized spacial score (nSPS) is 13.5. The molecule has 0 saturated carbocycles. The predicted octanol–water partition coefficient (Wildman–Crippen LogP) is 5.62. The van der Waals surface area contributed by atoms with Crippen LogP contribution in [0.4, 0.5) is 22.0 Å². The number of pyridine rings is 2. The van der Waals surface area contributed by atoms with E-state index in [1.165, 1.54) is 19.4 Å². The number of halogens is 5. The molecular formula is C28H38F5N5O5Si. The van der Waals surface area contributed by atoms with E-state index in [9.17, 15) is 26.7 Å². The summed E-state index contributed by atoms with van der Waals surface area (Å²) in [4.78, 5) is 27.9. The first-order valence-electron chi connectivity index (χ1n) is 13.4. The van der Waals surface area contributed by atoms with Crippen molar-refractivity contribution in [2.75, 3.05) is 33.7 Å². The van der Waals surface area contributed by atoms with Crippen LogP contribution in [-0.2, 0) is 19.0 Å². The minimum atomic E-state index is -5.82. The van der Waals surface area contributed by atoms with Gasteiger partial charge in [0.15, 0.2) is 12.4 Å². The first kappa shape index (κ1) is 36.5. The standard InChI is InChI=1S/C28H38F5N5O5Si/c1-18-12-22(42-15-26(2,3)24(39)40-4)36-14-20(18)19-8-9-21(35-13-19)23(34)38-25(37-17-41-10-11-44(5,6)7)43-16-27(29,30)28(31,32)33/h8-9,12-14H,10-11,15-17H2,1-7H3,(H2,34,37,38). The summed E-state index contributed by atoms with van der Waals surface area (Å²) in [6, 6.07) is 4.78. The van der Waals surface area contributed by atoms with E-state index in [1.54, 1.807) is 32.2 Å². The highest BCUT2D eigenvalue weighted by Crippen LogP contribution is 2.35. The summed E-state index contributed by atoms with van der Waals surface area (Å²) in [5.74, 6) is -5.59. The van der Waals surface area contributed by atoms with Gasteiger partial charge >= 0.3 is 24.1 Å². The number of aliphatic imine (C=N–C) groups is 2. The highest BCUT2D eigenvalue weighted by molar-refractivity contribution is 6.76. The van der Waals surface area contributed by atoms with Gasteiger partial charge in [0.05, 0.1) is 12.5 Å². The minimum absolute atomic E-state index is 0.0494. The lowest BCUT2D eigenvalue weighted by Crippen LogP contribution is -2.41. The Morgan fingerprint density at radius 3 is 2.27 bits per heavy atom. The van der Waals surface area contributed by atoms with Gasteiger partial charge in [-0.15, -0.1) is 0 Å². The molecule has 0 saturated heterocycles. The third-order valence-electron chi connectivity index (χ3n) is 6.04. The van der Waals surface area contributed by atoms with Crippen LogP contribution in [0.25, 0.3) is 11.1 Å². The molecule has 0 spiro atoms. The highest BCUT2D eigenvalue weighted by atomic mass is 28.3. The molecule has 244 valence electrons. The SMILES string of the molecule is COC(=O)C(C)(C)COc1cc(C)c(-c2ccc(C(N)=NC(=NCOCC[Si](C)(C)C)OCC(F)(F)C(F)(F)F)nc2)cn1. The molecule has 0 aliphatic heterocycles. The molecule has 2 N–H and O–H groups in total. The monoisotopic (exact) mass is 647 g/mol. The zero-order chi connectivity index (χ0) is 33.3. The topological polar surface area (TPSA) is 131 Å². The Morgan fingerprint density at radius 1 is 1.05 bits per heavy atom. The number of alkyl halides is 5. The van der Waals surface area contributed by atoms with E-state index in [0.29, 0.717) is 23.6 Å². The van der Waals surface area contributed by atoms with Gasteiger partial charge in [-0.25, -0.2) is 9.98 Å². The lowest BCUT2D eigenvalue weighted by Gasteiger charge is -2.21. The van der Waals surface area contributed by atoms with E-state index in [0.717, 1.165) is 11.6 Å². The summed E-state index contributed by atoms with van der Waals surface area (Å²) < 4.78 is 85.3. The quantitative estimate of drug-likeness (QED) is 0.0741. The fraction of sp³-hybridized carbons (Fsp3) is 0.536. The first-order chi connectivity index (χ1) is 20.3. The van der Waals surface area contributed by atoms with E-state index >= 15 is 0 Å². The minimum Gasteiger partial charge on any atom is -0.476 e. The predicted molar refractivity (Wildman–Crippen MR) is 158 cm³/mol. The molecule has 0 fully saturated rings. The molecule has 2 rings (SSSR count). The van der Waals surface area contributed by atoms with E-state index in [1.807, 2.05) is 6.92 Å². The number of methoxy groups -OCH3 is 1. The summed E-state index contributed by atoms with van der Waals surface area (Å²) in [6.07, 6.45) is -2.81. The van der Waals surface area contributed by atoms with Crippen molar-refractivity contribution in [3.05, 3.63) is 41.9 Å². The third kappa shape index (κ3) is 11.1. The van der Waals surface area contributed by atoms with Gasteiger partial charge in [-0.05, 0) is 38.4 Å². The zero-order valence-electron chi connectivity index (χ0n) is 25.7. The fourth-order valence-corrected chi connectivity index (χ4v) is 4.02. The zero-order valence-corrected chi connectivity index (χ0v) is 26.7. The number of aryl methyl sites for hydroxylation is 1. The molecule has 16 heteroatoms. The second-order valence-corrected chi connectivity index (χ2v) is 17.3. The van der Waals surface area contributed by atoms with Crippen LogP contribution < -0.4 is 10.5 Å². The molecule has 0 unspecified atom stereocenters. The first-order valence-corrected chi connectivity index (χ1v) is 17.1. The number of amidine groups is 2. The third-order valence-corrected chi connectivity index (χ3v) is 7.75. The number of carbonyl (C=O) groups excluding carboxylic acids is 1. The van der Waals surface area contributed by atoms with Crippen molar-refractivity contribution in [1.82, 2.24) is 9.97 Å². The van der Waals surface area contributed by atoms with Crippen LogP contribution in [0.2, 0.25) is 25.7 Å². The fourth-order valence-electron chi connectivity index (χ4n) is 3.26.